The van der Waals surface area contributed by atoms with Gasteiger partial charge < -0.3 is 10.4 Å². The summed E-state index contributed by atoms with van der Waals surface area (Å²) in [7, 11) is 0. The smallest absolute Gasteiger partial charge is 0.220 e. The summed E-state index contributed by atoms with van der Waals surface area (Å²) in [6, 6.07) is 8.01. The highest BCUT2D eigenvalue weighted by Gasteiger charge is 2.24. The van der Waals surface area contributed by atoms with Crippen LogP contribution in [0.4, 0.5) is 0 Å². The average molecular weight is 340 g/mol. The first-order valence-corrected chi connectivity index (χ1v) is 8.08. The van der Waals surface area contributed by atoms with Gasteiger partial charge in [-0.05, 0) is 36.5 Å². The minimum atomic E-state index is -0.379. The number of halogens is 1. The number of carbonyl (C=O) groups is 1. The van der Waals surface area contributed by atoms with Crippen LogP contribution in [-0.2, 0) is 4.79 Å². The Morgan fingerprint density at radius 3 is 2.65 bits per heavy atom. The van der Waals surface area contributed by atoms with Crippen molar-refractivity contribution in [1.82, 2.24) is 5.32 Å². The third-order valence-electron chi connectivity index (χ3n) is 4.01. The van der Waals surface area contributed by atoms with E-state index >= 15 is 0 Å². The zero-order valence-electron chi connectivity index (χ0n) is 11.8. The molecule has 110 valence electrons. The Labute approximate surface area is 128 Å². The van der Waals surface area contributed by atoms with Crippen molar-refractivity contribution in [2.24, 2.45) is 0 Å². The molecule has 1 unspecified atom stereocenters. The molecule has 2 N–H and O–H groups in total. The van der Waals surface area contributed by atoms with Crippen LogP contribution in [0.1, 0.15) is 50.5 Å². The number of carbonyl (C=O) groups excluding carboxylic acids is 1. The molecule has 20 heavy (non-hydrogen) atoms. The van der Waals surface area contributed by atoms with Gasteiger partial charge in [-0.25, -0.2) is 0 Å². The van der Waals surface area contributed by atoms with Crippen molar-refractivity contribution in [3.05, 3.63) is 34.3 Å². The molecule has 4 heteroatoms. The number of hydrogen-bond donors (Lipinski definition) is 2. The first-order chi connectivity index (χ1) is 9.56. The molecular formula is C16H22BrNO2. The molecule has 1 fully saturated rings. The molecule has 0 aromatic heterocycles. The number of amides is 1. The van der Waals surface area contributed by atoms with Crippen molar-refractivity contribution in [1.29, 1.82) is 0 Å². The summed E-state index contributed by atoms with van der Waals surface area (Å²) < 4.78 is 1.04. The third-order valence-corrected chi connectivity index (χ3v) is 4.54. The number of aliphatic hydroxyl groups is 1. The second kappa shape index (κ2) is 7.23. The summed E-state index contributed by atoms with van der Waals surface area (Å²) >= 11 is 3.41. The van der Waals surface area contributed by atoms with Gasteiger partial charge in [-0.15, -0.1) is 0 Å². The van der Waals surface area contributed by atoms with Crippen LogP contribution in [0, 0.1) is 0 Å². The molecule has 1 saturated carbocycles. The van der Waals surface area contributed by atoms with E-state index < -0.39 is 0 Å². The van der Waals surface area contributed by atoms with E-state index in [1.54, 1.807) is 0 Å². The van der Waals surface area contributed by atoms with E-state index in [2.05, 4.69) is 28.2 Å². The normalized spacial score (nSPS) is 24.1. The first-order valence-electron chi connectivity index (χ1n) is 7.29. The van der Waals surface area contributed by atoms with E-state index in [4.69, 9.17) is 0 Å². The van der Waals surface area contributed by atoms with Gasteiger partial charge in [0.05, 0.1) is 12.1 Å². The number of benzene rings is 1. The fourth-order valence-electron chi connectivity index (χ4n) is 2.73. The molecule has 0 bridgehead atoms. The monoisotopic (exact) mass is 339 g/mol. The maximum Gasteiger partial charge on any atom is 0.220 e. The second-order valence-electron chi connectivity index (χ2n) is 5.68. The Morgan fingerprint density at radius 1 is 1.35 bits per heavy atom. The summed E-state index contributed by atoms with van der Waals surface area (Å²) in [5.41, 5.74) is 1.16. The maximum atomic E-state index is 12.1. The molecule has 1 aliphatic rings. The van der Waals surface area contributed by atoms with Crippen LogP contribution >= 0.6 is 15.9 Å². The van der Waals surface area contributed by atoms with E-state index in [0.717, 1.165) is 35.7 Å². The molecule has 3 nitrogen and oxygen atoms in total. The Bertz CT molecular complexity index is 446. The summed E-state index contributed by atoms with van der Waals surface area (Å²) in [6.45, 7) is 2.06. The predicted molar refractivity (Wildman–Crippen MR) is 83.6 cm³/mol. The number of rotatable bonds is 4. The zero-order valence-corrected chi connectivity index (χ0v) is 13.4. The minimum Gasteiger partial charge on any atom is -0.391 e. The molecular weight excluding hydrogens is 318 g/mol. The Kier molecular flexibility index (Phi) is 5.61. The highest BCUT2D eigenvalue weighted by molar-refractivity contribution is 9.10. The van der Waals surface area contributed by atoms with Gasteiger partial charge in [0.25, 0.3) is 0 Å². The molecule has 3 atom stereocenters. The lowest BCUT2D eigenvalue weighted by molar-refractivity contribution is -0.123. The molecule has 1 aliphatic carbocycles. The molecule has 2 rings (SSSR count). The van der Waals surface area contributed by atoms with Crippen LogP contribution < -0.4 is 5.32 Å². The molecule has 0 spiro atoms. The fraction of sp³-hybridized carbons (Fsp3) is 0.562. The molecule has 1 amide bonds. The van der Waals surface area contributed by atoms with Crippen molar-refractivity contribution >= 4 is 21.8 Å². The van der Waals surface area contributed by atoms with Crippen molar-refractivity contribution in [2.45, 2.75) is 57.1 Å². The molecule has 1 aromatic carbocycles. The van der Waals surface area contributed by atoms with E-state index in [0.29, 0.717) is 6.42 Å². The summed E-state index contributed by atoms with van der Waals surface area (Å²) in [5, 5.41) is 12.9. The Hall–Kier alpha value is -0.870. The molecule has 0 aliphatic heterocycles. The fourth-order valence-corrected chi connectivity index (χ4v) is 3.00. The number of hydrogen-bond acceptors (Lipinski definition) is 2. The van der Waals surface area contributed by atoms with Crippen molar-refractivity contribution < 1.29 is 9.90 Å². The van der Waals surface area contributed by atoms with Crippen molar-refractivity contribution in [3.8, 4) is 0 Å². The van der Waals surface area contributed by atoms with Crippen LogP contribution in [0.15, 0.2) is 28.7 Å². The van der Waals surface area contributed by atoms with Crippen LogP contribution in [0.2, 0.25) is 0 Å². The van der Waals surface area contributed by atoms with Gasteiger partial charge in [0, 0.05) is 10.9 Å². The van der Waals surface area contributed by atoms with E-state index in [9.17, 15) is 9.90 Å². The van der Waals surface area contributed by atoms with Gasteiger partial charge >= 0.3 is 0 Å². The van der Waals surface area contributed by atoms with Crippen molar-refractivity contribution in [2.75, 3.05) is 0 Å². The van der Waals surface area contributed by atoms with Gasteiger partial charge in [0.2, 0.25) is 5.91 Å². The topological polar surface area (TPSA) is 49.3 Å². The number of aliphatic hydroxyl groups excluding tert-OH is 1. The zero-order chi connectivity index (χ0) is 14.5. The lowest BCUT2D eigenvalue weighted by atomic mass is 9.92. The van der Waals surface area contributed by atoms with Crippen LogP contribution in [0.25, 0.3) is 0 Å². The van der Waals surface area contributed by atoms with E-state index in [1.807, 2.05) is 24.3 Å². The van der Waals surface area contributed by atoms with Crippen LogP contribution in [-0.4, -0.2) is 23.2 Å². The standard InChI is InChI=1S/C16H22BrNO2/c1-11(12-6-8-13(17)9-7-12)10-16(20)18-14-4-2-3-5-15(14)19/h6-9,11,14-15,19H,2-5,10H2,1H3,(H,18,20)/t11?,14-,15-/m0/s1. The van der Waals surface area contributed by atoms with E-state index in [1.165, 1.54) is 0 Å². The molecule has 0 radical (unpaired) electrons. The van der Waals surface area contributed by atoms with Crippen molar-refractivity contribution in [3.63, 3.8) is 0 Å². The highest BCUT2D eigenvalue weighted by Crippen LogP contribution is 2.22. The van der Waals surface area contributed by atoms with E-state index in [-0.39, 0.29) is 24.0 Å². The van der Waals surface area contributed by atoms with Crippen LogP contribution in [0.3, 0.4) is 0 Å². The first kappa shape index (κ1) is 15.5. The lowest BCUT2D eigenvalue weighted by Crippen LogP contribution is -2.45. The Balaban J connectivity index is 1.85. The maximum absolute atomic E-state index is 12.1. The lowest BCUT2D eigenvalue weighted by Gasteiger charge is -2.28. The molecule has 0 saturated heterocycles. The van der Waals surface area contributed by atoms with Gasteiger partial charge in [-0.1, -0.05) is 47.8 Å². The quantitative estimate of drug-likeness (QED) is 0.883. The largest absolute Gasteiger partial charge is 0.391 e. The SMILES string of the molecule is CC(CC(=O)N[C@H]1CCCC[C@@H]1O)c1ccc(Br)cc1. The van der Waals surface area contributed by atoms with Gasteiger partial charge in [0.1, 0.15) is 0 Å². The third kappa shape index (κ3) is 4.32. The number of nitrogens with one attached hydrogen (secondary N) is 1. The van der Waals surface area contributed by atoms with Gasteiger partial charge in [0.15, 0.2) is 0 Å². The minimum absolute atomic E-state index is 0.0337. The molecule has 1 aromatic rings. The average Bonchev–Trinajstić information content (AvgIpc) is 2.42. The predicted octanol–water partition coefficient (Wildman–Crippen LogP) is 3.36. The summed E-state index contributed by atoms with van der Waals surface area (Å²) in [6.07, 6.45) is 3.92. The molecule has 0 heterocycles. The van der Waals surface area contributed by atoms with Gasteiger partial charge in [-0.2, -0.15) is 0 Å². The highest BCUT2D eigenvalue weighted by atomic mass is 79.9. The summed E-state index contributed by atoms with van der Waals surface area (Å²) in [5.74, 6) is 0.218. The second-order valence-corrected chi connectivity index (χ2v) is 6.60. The van der Waals surface area contributed by atoms with Crippen LogP contribution in [0.5, 0.6) is 0 Å². The summed E-state index contributed by atoms with van der Waals surface area (Å²) in [4.78, 5) is 12.1. The Morgan fingerprint density at radius 2 is 2.00 bits per heavy atom. The van der Waals surface area contributed by atoms with Gasteiger partial charge in [-0.3, -0.25) is 4.79 Å².